The topological polar surface area (TPSA) is 57.5 Å². The molecule has 3 rings (SSSR count). The molecule has 108 valence electrons. The molecule has 3 nitrogen and oxygen atoms in total. The number of aryl methyl sites for hydroxylation is 1. The van der Waals surface area contributed by atoms with E-state index in [1.165, 1.54) is 30.4 Å². The van der Waals surface area contributed by atoms with Crippen molar-refractivity contribution >= 4 is 5.97 Å². The molecule has 1 fully saturated rings. The molecule has 1 aromatic carbocycles. The lowest BCUT2D eigenvalue weighted by molar-refractivity contribution is -0.139. The molecule has 1 unspecified atom stereocenters. The van der Waals surface area contributed by atoms with Crippen LogP contribution >= 0.6 is 0 Å². The van der Waals surface area contributed by atoms with Gasteiger partial charge in [0.05, 0.1) is 0 Å². The number of benzene rings is 1. The van der Waals surface area contributed by atoms with Gasteiger partial charge in [-0.05, 0) is 60.3 Å². The molecule has 2 aliphatic rings. The molecule has 20 heavy (non-hydrogen) atoms. The van der Waals surface area contributed by atoms with Crippen molar-refractivity contribution in [2.75, 3.05) is 0 Å². The number of carbonyl (C=O) groups is 1. The Labute approximate surface area is 119 Å². The molecule has 0 amide bonds. The summed E-state index contributed by atoms with van der Waals surface area (Å²) in [5.41, 5.74) is 2.58. The highest BCUT2D eigenvalue weighted by atomic mass is 16.4. The highest BCUT2D eigenvalue weighted by Gasteiger charge is 2.45. The van der Waals surface area contributed by atoms with Crippen LogP contribution in [0.25, 0.3) is 0 Å². The van der Waals surface area contributed by atoms with Gasteiger partial charge in [0.1, 0.15) is 5.75 Å². The number of aromatic hydroxyl groups is 1. The predicted octanol–water partition coefficient (Wildman–Crippen LogP) is 3.63. The van der Waals surface area contributed by atoms with E-state index in [-0.39, 0.29) is 17.8 Å². The number of phenols is 1. The third kappa shape index (κ3) is 2.19. The molecule has 2 aliphatic carbocycles. The first kappa shape index (κ1) is 13.5. The molecule has 0 saturated heterocycles. The molecule has 0 aliphatic heterocycles. The van der Waals surface area contributed by atoms with E-state index >= 15 is 0 Å². The summed E-state index contributed by atoms with van der Waals surface area (Å²) in [6, 6.07) is 5.69. The van der Waals surface area contributed by atoms with Gasteiger partial charge in [0.25, 0.3) is 0 Å². The van der Waals surface area contributed by atoms with Crippen LogP contribution in [-0.2, 0) is 16.6 Å². The molecular weight excluding hydrogens is 252 g/mol. The number of aliphatic carboxylic acids is 1. The fourth-order valence-corrected chi connectivity index (χ4v) is 4.47. The van der Waals surface area contributed by atoms with E-state index in [0.717, 1.165) is 25.7 Å². The highest BCUT2D eigenvalue weighted by Crippen LogP contribution is 2.52. The maximum atomic E-state index is 11.2. The lowest BCUT2D eigenvalue weighted by Crippen LogP contribution is -2.42. The Bertz CT molecular complexity index is 515. The summed E-state index contributed by atoms with van der Waals surface area (Å²) in [4.78, 5) is 11.2. The quantitative estimate of drug-likeness (QED) is 0.865. The summed E-state index contributed by atoms with van der Waals surface area (Å²) in [5, 5.41) is 18.9. The number of fused-ring (bicyclic) bond motifs is 2. The fourth-order valence-electron chi connectivity index (χ4n) is 4.47. The van der Waals surface area contributed by atoms with E-state index in [1.807, 2.05) is 12.1 Å². The summed E-state index contributed by atoms with van der Waals surface area (Å²) in [5.74, 6) is -0.106. The van der Waals surface area contributed by atoms with Crippen molar-refractivity contribution in [3.8, 4) is 5.75 Å². The van der Waals surface area contributed by atoms with Gasteiger partial charge in [-0.25, -0.2) is 0 Å². The average Bonchev–Trinajstić information content (AvgIpc) is 2.43. The van der Waals surface area contributed by atoms with E-state index in [2.05, 4.69) is 0 Å². The molecule has 1 aromatic rings. The molecule has 0 heterocycles. The van der Waals surface area contributed by atoms with E-state index in [9.17, 15) is 15.0 Å². The molecule has 1 spiro atoms. The molecule has 1 atom stereocenters. The first-order valence-corrected chi connectivity index (χ1v) is 7.66. The number of hydrogen-bond donors (Lipinski definition) is 2. The molecule has 0 radical (unpaired) electrons. The van der Waals surface area contributed by atoms with Gasteiger partial charge in [0.2, 0.25) is 0 Å². The summed E-state index contributed by atoms with van der Waals surface area (Å²) in [7, 11) is 0. The Hall–Kier alpha value is -1.51. The maximum Gasteiger partial charge on any atom is 0.303 e. The van der Waals surface area contributed by atoms with Crippen molar-refractivity contribution < 1.29 is 15.0 Å². The molecule has 0 aromatic heterocycles. The van der Waals surface area contributed by atoms with Gasteiger partial charge in [-0.1, -0.05) is 25.3 Å². The van der Waals surface area contributed by atoms with Gasteiger partial charge >= 0.3 is 5.97 Å². The first-order chi connectivity index (χ1) is 9.62. The Morgan fingerprint density at radius 1 is 1.25 bits per heavy atom. The minimum absolute atomic E-state index is 0.0396. The highest BCUT2D eigenvalue weighted by molar-refractivity contribution is 5.67. The molecular formula is C17H22O3. The van der Waals surface area contributed by atoms with Crippen molar-refractivity contribution in [3.05, 3.63) is 29.3 Å². The minimum atomic E-state index is -0.679. The van der Waals surface area contributed by atoms with Gasteiger partial charge in [0, 0.05) is 6.42 Å². The molecule has 0 bridgehead atoms. The Balaban J connectivity index is 2.04. The van der Waals surface area contributed by atoms with Gasteiger partial charge in [0.15, 0.2) is 0 Å². The van der Waals surface area contributed by atoms with Gasteiger partial charge in [-0.3, -0.25) is 4.79 Å². The summed E-state index contributed by atoms with van der Waals surface area (Å²) in [6.45, 7) is 0. The molecule has 1 saturated carbocycles. The third-order valence-electron chi connectivity index (χ3n) is 5.34. The second-order valence-corrected chi connectivity index (χ2v) is 6.39. The number of hydrogen-bond acceptors (Lipinski definition) is 2. The first-order valence-electron chi connectivity index (χ1n) is 7.66. The van der Waals surface area contributed by atoms with Crippen LogP contribution in [0.2, 0.25) is 0 Å². The van der Waals surface area contributed by atoms with Crippen molar-refractivity contribution in [3.63, 3.8) is 0 Å². The fraction of sp³-hybridized carbons (Fsp3) is 0.588. The van der Waals surface area contributed by atoms with Crippen LogP contribution in [0.1, 0.15) is 56.1 Å². The van der Waals surface area contributed by atoms with Crippen LogP contribution < -0.4 is 0 Å². The van der Waals surface area contributed by atoms with Crippen molar-refractivity contribution in [1.82, 2.24) is 0 Å². The Morgan fingerprint density at radius 2 is 2.00 bits per heavy atom. The summed E-state index contributed by atoms with van der Waals surface area (Å²) < 4.78 is 0. The SMILES string of the molecule is O=C(O)CC1CCc2cc(O)ccc2C12CCCCC2. The van der Waals surface area contributed by atoms with Crippen LogP contribution in [0.4, 0.5) is 0 Å². The predicted molar refractivity (Wildman–Crippen MR) is 76.9 cm³/mol. The van der Waals surface area contributed by atoms with Gasteiger partial charge in [-0.2, -0.15) is 0 Å². The minimum Gasteiger partial charge on any atom is -0.508 e. The van der Waals surface area contributed by atoms with Crippen LogP contribution in [0.15, 0.2) is 18.2 Å². The number of rotatable bonds is 2. The van der Waals surface area contributed by atoms with Gasteiger partial charge < -0.3 is 10.2 Å². The molecule has 2 N–H and O–H groups in total. The maximum absolute atomic E-state index is 11.2. The molecule has 3 heteroatoms. The Morgan fingerprint density at radius 3 is 2.70 bits per heavy atom. The zero-order chi connectivity index (χ0) is 14.2. The smallest absolute Gasteiger partial charge is 0.303 e. The lowest BCUT2D eigenvalue weighted by atomic mass is 9.56. The van der Waals surface area contributed by atoms with Crippen LogP contribution in [0.3, 0.4) is 0 Å². The van der Waals surface area contributed by atoms with E-state index in [4.69, 9.17) is 0 Å². The zero-order valence-corrected chi connectivity index (χ0v) is 11.8. The van der Waals surface area contributed by atoms with Crippen LogP contribution in [-0.4, -0.2) is 16.2 Å². The third-order valence-corrected chi connectivity index (χ3v) is 5.34. The number of carboxylic acids is 1. The van der Waals surface area contributed by atoms with Crippen molar-refractivity contribution in [2.24, 2.45) is 5.92 Å². The van der Waals surface area contributed by atoms with Crippen LogP contribution in [0, 0.1) is 5.92 Å². The van der Waals surface area contributed by atoms with Gasteiger partial charge in [-0.15, -0.1) is 0 Å². The normalized spacial score (nSPS) is 24.3. The van der Waals surface area contributed by atoms with E-state index < -0.39 is 5.97 Å². The second kappa shape index (κ2) is 5.12. The zero-order valence-electron chi connectivity index (χ0n) is 11.8. The van der Waals surface area contributed by atoms with Crippen LogP contribution in [0.5, 0.6) is 5.75 Å². The number of carboxylic acid groups (broad SMARTS) is 1. The largest absolute Gasteiger partial charge is 0.508 e. The monoisotopic (exact) mass is 274 g/mol. The van der Waals surface area contributed by atoms with Crippen molar-refractivity contribution in [2.45, 2.75) is 56.8 Å². The summed E-state index contributed by atoms with van der Waals surface area (Å²) >= 11 is 0. The van der Waals surface area contributed by atoms with E-state index in [0.29, 0.717) is 5.75 Å². The average molecular weight is 274 g/mol. The number of phenolic OH excluding ortho intramolecular Hbond substituents is 1. The summed E-state index contributed by atoms with van der Waals surface area (Å²) in [6.07, 6.45) is 7.94. The second-order valence-electron chi connectivity index (χ2n) is 6.39. The van der Waals surface area contributed by atoms with Crippen molar-refractivity contribution in [1.29, 1.82) is 0 Å². The standard InChI is InChI=1S/C17H22O3/c18-14-6-7-15-12(10-14)4-5-13(11-16(19)20)17(15)8-2-1-3-9-17/h6-7,10,13,18H,1-5,8-9,11H2,(H,19,20). The lowest BCUT2D eigenvalue weighted by Gasteiger charge is -2.48. The van der Waals surface area contributed by atoms with E-state index in [1.54, 1.807) is 6.07 Å². The Kier molecular flexibility index (Phi) is 3.45.